The topological polar surface area (TPSA) is 22.4 Å². The van der Waals surface area contributed by atoms with Crippen molar-refractivity contribution in [3.63, 3.8) is 0 Å². The van der Waals surface area contributed by atoms with Crippen LogP contribution in [0.15, 0.2) is 34.7 Å². The van der Waals surface area contributed by atoms with Crippen molar-refractivity contribution in [2.75, 3.05) is 7.11 Å². The van der Waals surface area contributed by atoms with E-state index in [0.717, 1.165) is 28.4 Å². The van der Waals surface area contributed by atoms with Crippen LogP contribution in [0, 0.1) is 13.8 Å². The number of rotatable bonds is 3. The number of hydrogen-bond acceptors (Lipinski definition) is 2. The molecule has 1 unspecified atom stereocenters. The molecule has 0 radical (unpaired) electrons. The molecule has 2 rings (SSSR count). The first kappa shape index (κ1) is 12.1. The number of furan rings is 1. The SMILES string of the molecule is COc1ccc(C)cc1C(Cl)c1ccc(C)o1. The lowest BCUT2D eigenvalue weighted by Crippen LogP contribution is -1.97. The molecule has 17 heavy (non-hydrogen) atoms. The van der Waals surface area contributed by atoms with Gasteiger partial charge in [0.25, 0.3) is 0 Å². The summed E-state index contributed by atoms with van der Waals surface area (Å²) in [6, 6.07) is 9.76. The summed E-state index contributed by atoms with van der Waals surface area (Å²) in [5, 5.41) is -0.321. The van der Waals surface area contributed by atoms with Gasteiger partial charge in [-0.15, -0.1) is 11.6 Å². The monoisotopic (exact) mass is 250 g/mol. The van der Waals surface area contributed by atoms with Crippen LogP contribution >= 0.6 is 11.6 Å². The summed E-state index contributed by atoms with van der Waals surface area (Å²) in [7, 11) is 1.64. The molecule has 1 heterocycles. The van der Waals surface area contributed by atoms with Crippen LogP contribution in [0.1, 0.15) is 28.0 Å². The van der Waals surface area contributed by atoms with Gasteiger partial charge in [-0.2, -0.15) is 0 Å². The van der Waals surface area contributed by atoms with Crippen LogP contribution in [-0.2, 0) is 0 Å². The van der Waals surface area contributed by atoms with Crippen LogP contribution in [0.25, 0.3) is 0 Å². The average molecular weight is 251 g/mol. The van der Waals surface area contributed by atoms with Crippen molar-refractivity contribution in [1.82, 2.24) is 0 Å². The highest BCUT2D eigenvalue weighted by Gasteiger charge is 2.18. The van der Waals surface area contributed by atoms with Gasteiger partial charge in [0.15, 0.2) is 0 Å². The molecular weight excluding hydrogens is 236 g/mol. The quantitative estimate of drug-likeness (QED) is 0.761. The minimum absolute atomic E-state index is 0.321. The highest BCUT2D eigenvalue weighted by Crippen LogP contribution is 2.36. The van der Waals surface area contributed by atoms with E-state index in [1.165, 1.54) is 0 Å². The fraction of sp³-hybridized carbons (Fsp3) is 0.286. The smallest absolute Gasteiger partial charge is 0.126 e. The van der Waals surface area contributed by atoms with E-state index in [2.05, 4.69) is 0 Å². The number of alkyl halides is 1. The second-order valence-corrected chi connectivity index (χ2v) is 4.49. The maximum Gasteiger partial charge on any atom is 0.126 e. The number of ether oxygens (including phenoxy) is 1. The Hall–Kier alpha value is -1.41. The summed E-state index contributed by atoms with van der Waals surface area (Å²) in [6.45, 7) is 3.93. The lowest BCUT2D eigenvalue weighted by Gasteiger charge is -2.13. The zero-order valence-corrected chi connectivity index (χ0v) is 10.9. The molecule has 1 atom stereocenters. The Morgan fingerprint density at radius 3 is 2.53 bits per heavy atom. The first-order valence-electron chi connectivity index (χ1n) is 5.46. The molecule has 0 bridgehead atoms. The Balaban J connectivity index is 2.42. The van der Waals surface area contributed by atoms with Gasteiger partial charge in [0.1, 0.15) is 22.6 Å². The number of methoxy groups -OCH3 is 1. The van der Waals surface area contributed by atoms with E-state index in [9.17, 15) is 0 Å². The van der Waals surface area contributed by atoms with Crippen LogP contribution in [-0.4, -0.2) is 7.11 Å². The van der Waals surface area contributed by atoms with Gasteiger partial charge in [-0.1, -0.05) is 17.7 Å². The Bertz CT molecular complexity index is 517. The fourth-order valence-corrected chi connectivity index (χ4v) is 2.08. The van der Waals surface area contributed by atoms with Crippen molar-refractivity contribution < 1.29 is 9.15 Å². The molecule has 1 aromatic carbocycles. The molecule has 0 saturated heterocycles. The van der Waals surface area contributed by atoms with Gasteiger partial charge >= 0.3 is 0 Å². The molecule has 2 nitrogen and oxygen atoms in total. The Labute approximate surface area is 106 Å². The van der Waals surface area contributed by atoms with Crippen molar-refractivity contribution in [2.24, 2.45) is 0 Å². The van der Waals surface area contributed by atoms with E-state index in [0.29, 0.717) is 0 Å². The predicted molar refractivity (Wildman–Crippen MR) is 68.9 cm³/mol. The first-order chi connectivity index (χ1) is 8.11. The third-order valence-corrected chi connectivity index (χ3v) is 3.12. The first-order valence-corrected chi connectivity index (χ1v) is 5.90. The van der Waals surface area contributed by atoms with Crippen LogP contribution in [0.5, 0.6) is 5.75 Å². The molecule has 0 fully saturated rings. The van der Waals surface area contributed by atoms with Gasteiger partial charge in [0.05, 0.1) is 7.11 Å². The third-order valence-electron chi connectivity index (χ3n) is 2.67. The third kappa shape index (κ3) is 2.47. The lowest BCUT2D eigenvalue weighted by molar-refractivity contribution is 0.407. The van der Waals surface area contributed by atoms with Crippen molar-refractivity contribution in [3.8, 4) is 5.75 Å². The molecule has 0 N–H and O–H groups in total. The summed E-state index contributed by atoms with van der Waals surface area (Å²) in [5.74, 6) is 2.38. The summed E-state index contributed by atoms with van der Waals surface area (Å²) < 4.78 is 10.9. The zero-order chi connectivity index (χ0) is 12.4. The minimum atomic E-state index is -0.321. The lowest BCUT2D eigenvalue weighted by atomic mass is 10.1. The van der Waals surface area contributed by atoms with Crippen molar-refractivity contribution in [1.29, 1.82) is 0 Å². The summed E-state index contributed by atoms with van der Waals surface area (Å²) in [6.07, 6.45) is 0. The Kier molecular flexibility index (Phi) is 3.43. The predicted octanol–water partition coefficient (Wildman–Crippen LogP) is 4.23. The van der Waals surface area contributed by atoms with Crippen LogP contribution in [0.2, 0.25) is 0 Å². The van der Waals surface area contributed by atoms with E-state index in [-0.39, 0.29) is 5.38 Å². The summed E-state index contributed by atoms with van der Waals surface area (Å²) in [5.41, 5.74) is 2.08. The maximum absolute atomic E-state index is 6.43. The molecule has 0 aliphatic rings. The van der Waals surface area contributed by atoms with Gasteiger partial charge in [-0.25, -0.2) is 0 Å². The zero-order valence-electron chi connectivity index (χ0n) is 10.2. The van der Waals surface area contributed by atoms with E-state index >= 15 is 0 Å². The normalized spacial score (nSPS) is 12.5. The number of hydrogen-bond donors (Lipinski definition) is 0. The Morgan fingerprint density at radius 1 is 1.18 bits per heavy atom. The van der Waals surface area contributed by atoms with Gasteiger partial charge in [0, 0.05) is 5.56 Å². The second-order valence-electron chi connectivity index (χ2n) is 4.06. The van der Waals surface area contributed by atoms with Crippen molar-refractivity contribution in [2.45, 2.75) is 19.2 Å². The molecule has 1 aromatic heterocycles. The van der Waals surface area contributed by atoms with E-state index in [1.54, 1.807) is 7.11 Å². The van der Waals surface area contributed by atoms with E-state index < -0.39 is 0 Å². The molecule has 0 aliphatic carbocycles. The minimum Gasteiger partial charge on any atom is -0.496 e. The maximum atomic E-state index is 6.43. The largest absolute Gasteiger partial charge is 0.496 e. The van der Waals surface area contributed by atoms with Gasteiger partial charge in [-0.05, 0) is 32.0 Å². The van der Waals surface area contributed by atoms with E-state index in [4.69, 9.17) is 20.8 Å². The standard InChI is InChI=1S/C14H15ClO2/c1-9-4-6-12(16-3)11(8-9)14(15)13-7-5-10(2)17-13/h4-8,14H,1-3H3. The van der Waals surface area contributed by atoms with Crippen LogP contribution in [0.4, 0.5) is 0 Å². The van der Waals surface area contributed by atoms with Gasteiger partial charge < -0.3 is 9.15 Å². The summed E-state index contributed by atoms with van der Waals surface area (Å²) >= 11 is 6.43. The summed E-state index contributed by atoms with van der Waals surface area (Å²) in [4.78, 5) is 0. The molecule has 0 saturated carbocycles. The van der Waals surface area contributed by atoms with Crippen molar-refractivity contribution in [3.05, 3.63) is 53.0 Å². The molecular formula is C14H15ClO2. The Morgan fingerprint density at radius 2 is 1.94 bits per heavy atom. The van der Waals surface area contributed by atoms with Gasteiger partial charge in [-0.3, -0.25) is 0 Å². The highest BCUT2D eigenvalue weighted by atomic mass is 35.5. The number of aryl methyl sites for hydroxylation is 2. The molecule has 0 spiro atoms. The molecule has 90 valence electrons. The molecule has 0 aliphatic heterocycles. The van der Waals surface area contributed by atoms with Crippen molar-refractivity contribution >= 4 is 11.6 Å². The van der Waals surface area contributed by atoms with Crippen LogP contribution < -0.4 is 4.74 Å². The number of halogens is 1. The second kappa shape index (κ2) is 4.84. The average Bonchev–Trinajstić information content (AvgIpc) is 2.75. The van der Waals surface area contributed by atoms with Crippen LogP contribution in [0.3, 0.4) is 0 Å². The highest BCUT2D eigenvalue weighted by molar-refractivity contribution is 6.22. The molecule has 3 heteroatoms. The molecule has 0 amide bonds. The number of benzene rings is 1. The van der Waals surface area contributed by atoms with E-state index in [1.807, 2.05) is 44.2 Å². The molecule has 2 aromatic rings. The fourth-order valence-electron chi connectivity index (χ4n) is 1.79. The van der Waals surface area contributed by atoms with Gasteiger partial charge in [0.2, 0.25) is 0 Å².